The Bertz CT molecular complexity index is 816. The maximum Gasteiger partial charge on any atom is 0.207 e. The summed E-state index contributed by atoms with van der Waals surface area (Å²) < 4.78 is 22.9. The molecule has 0 saturated heterocycles. The van der Waals surface area contributed by atoms with Crippen molar-refractivity contribution in [3.8, 4) is 23.0 Å². The standard InChI is InChI=1S/C22H22O4/c1-23-19-13-14-20(25-15-17-9-5-3-6-10-17)21(24-2)22(19)26-16-18-11-7-4-8-12-18/h3-14H,15-16H2,1-2H3. The van der Waals surface area contributed by atoms with Crippen molar-refractivity contribution in [3.05, 3.63) is 83.9 Å². The molecule has 0 saturated carbocycles. The van der Waals surface area contributed by atoms with Crippen molar-refractivity contribution >= 4 is 0 Å². The van der Waals surface area contributed by atoms with Gasteiger partial charge in [-0.1, -0.05) is 60.7 Å². The van der Waals surface area contributed by atoms with Crippen LogP contribution in [0.5, 0.6) is 23.0 Å². The molecule has 0 fully saturated rings. The highest BCUT2D eigenvalue weighted by Gasteiger charge is 2.18. The summed E-state index contributed by atoms with van der Waals surface area (Å²) in [5.74, 6) is 2.27. The molecule has 3 aromatic rings. The molecular weight excluding hydrogens is 328 g/mol. The van der Waals surface area contributed by atoms with Crippen LogP contribution in [0.3, 0.4) is 0 Å². The van der Waals surface area contributed by atoms with Crippen LogP contribution in [0.1, 0.15) is 11.1 Å². The predicted octanol–water partition coefficient (Wildman–Crippen LogP) is 4.86. The van der Waals surface area contributed by atoms with Crippen LogP contribution in [0.4, 0.5) is 0 Å². The first-order chi connectivity index (χ1) is 12.8. The Morgan fingerprint density at radius 1 is 0.538 bits per heavy atom. The van der Waals surface area contributed by atoms with Gasteiger partial charge in [-0.2, -0.15) is 0 Å². The van der Waals surface area contributed by atoms with Crippen molar-refractivity contribution in [2.75, 3.05) is 14.2 Å². The summed E-state index contributed by atoms with van der Waals surface area (Å²) in [5.41, 5.74) is 2.14. The van der Waals surface area contributed by atoms with Gasteiger partial charge in [0.2, 0.25) is 11.5 Å². The van der Waals surface area contributed by atoms with E-state index in [1.807, 2.05) is 72.8 Å². The summed E-state index contributed by atoms with van der Waals surface area (Å²) in [6, 6.07) is 23.6. The second-order valence-electron chi connectivity index (χ2n) is 5.68. The van der Waals surface area contributed by atoms with E-state index in [1.54, 1.807) is 14.2 Å². The SMILES string of the molecule is COc1ccc(OCc2ccccc2)c(OC)c1OCc1ccccc1. The molecule has 0 aliphatic carbocycles. The first-order valence-electron chi connectivity index (χ1n) is 8.40. The zero-order chi connectivity index (χ0) is 18.2. The molecule has 3 aromatic carbocycles. The van der Waals surface area contributed by atoms with Crippen LogP contribution in [-0.2, 0) is 13.2 Å². The van der Waals surface area contributed by atoms with Crippen LogP contribution in [0.15, 0.2) is 72.8 Å². The van der Waals surface area contributed by atoms with Gasteiger partial charge in [-0.25, -0.2) is 0 Å². The maximum absolute atomic E-state index is 6.00. The molecule has 0 amide bonds. The average molecular weight is 350 g/mol. The molecule has 0 aromatic heterocycles. The number of ether oxygens (including phenoxy) is 4. The van der Waals surface area contributed by atoms with E-state index < -0.39 is 0 Å². The van der Waals surface area contributed by atoms with Gasteiger partial charge >= 0.3 is 0 Å². The zero-order valence-corrected chi connectivity index (χ0v) is 15.0. The Morgan fingerprint density at radius 2 is 1.08 bits per heavy atom. The highest BCUT2D eigenvalue weighted by molar-refractivity contribution is 5.59. The lowest BCUT2D eigenvalue weighted by atomic mass is 10.2. The van der Waals surface area contributed by atoms with E-state index in [-0.39, 0.29) is 0 Å². The minimum absolute atomic E-state index is 0.412. The lowest BCUT2D eigenvalue weighted by Gasteiger charge is -2.18. The summed E-state index contributed by atoms with van der Waals surface area (Å²) in [6.07, 6.45) is 0. The van der Waals surface area contributed by atoms with Crippen molar-refractivity contribution in [2.45, 2.75) is 13.2 Å². The van der Waals surface area contributed by atoms with Crippen molar-refractivity contribution in [3.63, 3.8) is 0 Å². The van der Waals surface area contributed by atoms with Gasteiger partial charge in [-0.05, 0) is 23.3 Å². The van der Waals surface area contributed by atoms with Crippen LogP contribution >= 0.6 is 0 Å². The first-order valence-corrected chi connectivity index (χ1v) is 8.40. The Hall–Kier alpha value is -3.14. The Balaban J connectivity index is 1.81. The van der Waals surface area contributed by atoms with Crippen LogP contribution in [-0.4, -0.2) is 14.2 Å². The monoisotopic (exact) mass is 350 g/mol. The average Bonchev–Trinajstić information content (AvgIpc) is 2.71. The Labute approximate surface area is 153 Å². The Morgan fingerprint density at radius 3 is 1.62 bits per heavy atom. The van der Waals surface area contributed by atoms with Gasteiger partial charge in [-0.15, -0.1) is 0 Å². The van der Waals surface area contributed by atoms with E-state index in [9.17, 15) is 0 Å². The van der Waals surface area contributed by atoms with E-state index in [0.717, 1.165) is 11.1 Å². The number of hydrogen-bond acceptors (Lipinski definition) is 4. The molecule has 0 atom stereocenters. The number of benzene rings is 3. The van der Waals surface area contributed by atoms with Gasteiger partial charge < -0.3 is 18.9 Å². The normalized spacial score (nSPS) is 10.2. The van der Waals surface area contributed by atoms with Crippen molar-refractivity contribution in [1.29, 1.82) is 0 Å². The van der Waals surface area contributed by atoms with Crippen molar-refractivity contribution < 1.29 is 18.9 Å². The smallest absolute Gasteiger partial charge is 0.207 e. The van der Waals surface area contributed by atoms with Crippen LogP contribution in [0, 0.1) is 0 Å². The van der Waals surface area contributed by atoms with E-state index in [4.69, 9.17) is 18.9 Å². The third kappa shape index (κ3) is 4.28. The second kappa shape index (κ2) is 8.81. The van der Waals surface area contributed by atoms with E-state index in [0.29, 0.717) is 36.2 Å². The third-order valence-corrected chi connectivity index (χ3v) is 3.93. The molecule has 4 heteroatoms. The first kappa shape index (κ1) is 17.7. The second-order valence-corrected chi connectivity index (χ2v) is 5.68. The molecule has 3 rings (SSSR count). The van der Waals surface area contributed by atoms with Crippen LogP contribution in [0.25, 0.3) is 0 Å². The number of rotatable bonds is 8. The van der Waals surface area contributed by atoms with Crippen LogP contribution in [0.2, 0.25) is 0 Å². The maximum atomic E-state index is 6.00. The highest BCUT2D eigenvalue weighted by Crippen LogP contribution is 2.44. The fourth-order valence-corrected chi connectivity index (χ4v) is 2.60. The van der Waals surface area contributed by atoms with Gasteiger partial charge in [0.05, 0.1) is 14.2 Å². The zero-order valence-electron chi connectivity index (χ0n) is 15.0. The molecular formula is C22H22O4. The van der Waals surface area contributed by atoms with Crippen LogP contribution < -0.4 is 18.9 Å². The summed E-state index contributed by atoms with van der Waals surface area (Å²) >= 11 is 0. The molecule has 0 heterocycles. The predicted molar refractivity (Wildman–Crippen MR) is 101 cm³/mol. The molecule has 0 spiro atoms. The van der Waals surface area contributed by atoms with Crippen molar-refractivity contribution in [2.24, 2.45) is 0 Å². The Kier molecular flexibility index (Phi) is 5.99. The van der Waals surface area contributed by atoms with Gasteiger partial charge in [0.15, 0.2) is 11.5 Å². The largest absolute Gasteiger partial charge is 0.493 e. The minimum atomic E-state index is 0.412. The van der Waals surface area contributed by atoms with Gasteiger partial charge in [0.25, 0.3) is 0 Å². The summed E-state index contributed by atoms with van der Waals surface area (Å²) in [6.45, 7) is 0.858. The van der Waals surface area contributed by atoms with Gasteiger partial charge in [-0.3, -0.25) is 0 Å². The third-order valence-electron chi connectivity index (χ3n) is 3.93. The summed E-state index contributed by atoms with van der Waals surface area (Å²) in [7, 11) is 3.20. The molecule has 0 unspecified atom stereocenters. The van der Waals surface area contributed by atoms with Gasteiger partial charge in [0, 0.05) is 0 Å². The minimum Gasteiger partial charge on any atom is -0.493 e. The molecule has 0 radical (unpaired) electrons. The fraction of sp³-hybridized carbons (Fsp3) is 0.182. The van der Waals surface area contributed by atoms with Gasteiger partial charge in [0.1, 0.15) is 13.2 Å². The summed E-state index contributed by atoms with van der Waals surface area (Å²) in [4.78, 5) is 0. The number of hydrogen-bond donors (Lipinski definition) is 0. The number of methoxy groups -OCH3 is 2. The quantitative estimate of drug-likeness (QED) is 0.581. The summed E-state index contributed by atoms with van der Waals surface area (Å²) in [5, 5.41) is 0. The fourth-order valence-electron chi connectivity index (χ4n) is 2.60. The molecule has 4 nitrogen and oxygen atoms in total. The van der Waals surface area contributed by atoms with Crippen molar-refractivity contribution in [1.82, 2.24) is 0 Å². The highest BCUT2D eigenvalue weighted by atomic mass is 16.5. The molecule has 26 heavy (non-hydrogen) atoms. The molecule has 0 aliphatic rings. The van der Waals surface area contributed by atoms with E-state index in [1.165, 1.54) is 0 Å². The topological polar surface area (TPSA) is 36.9 Å². The van der Waals surface area contributed by atoms with E-state index in [2.05, 4.69) is 0 Å². The molecule has 134 valence electrons. The molecule has 0 N–H and O–H groups in total. The molecule has 0 bridgehead atoms. The lowest BCUT2D eigenvalue weighted by Crippen LogP contribution is -2.03. The lowest BCUT2D eigenvalue weighted by molar-refractivity contribution is 0.246. The van der Waals surface area contributed by atoms with E-state index >= 15 is 0 Å². The molecule has 0 aliphatic heterocycles.